The molecule has 1 saturated heterocycles. The monoisotopic (exact) mass is 311 g/mol. The van der Waals surface area contributed by atoms with E-state index >= 15 is 0 Å². The second kappa shape index (κ2) is 6.10. The van der Waals surface area contributed by atoms with E-state index < -0.39 is 0 Å². The van der Waals surface area contributed by atoms with Gasteiger partial charge in [0.1, 0.15) is 11.5 Å². The minimum Gasteiger partial charge on any atom is -0.379 e. The highest BCUT2D eigenvalue weighted by atomic mass is 19.1. The molecule has 5 heteroatoms. The topological polar surface area (TPSA) is 29.8 Å². The molecule has 0 saturated carbocycles. The molecule has 0 spiro atoms. The Morgan fingerprint density at radius 3 is 2.61 bits per heavy atom. The maximum atomic E-state index is 13.2. The molecular formula is C18H18FN3O. The van der Waals surface area contributed by atoms with Crippen molar-refractivity contribution < 1.29 is 9.13 Å². The lowest BCUT2D eigenvalue weighted by Gasteiger charge is -2.26. The number of hydrogen-bond acceptors (Lipinski definition) is 3. The molecule has 3 heterocycles. The van der Waals surface area contributed by atoms with Gasteiger partial charge in [-0.05, 0) is 36.4 Å². The van der Waals surface area contributed by atoms with Gasteiger partial charge >= 0.3 is 0 Å². The second-order valence-corrected chi connectivity index (χ2v) is 5.73. The minimum absolute atomic E-state index is 0.229. The van der Waals surface area contributed by atoms with Crippen LogP contribution in [0.1, 0.15) is 5.69 Å². The van der Waals surface area contributed by atoms with Gasteiger partial charge < -0.3 is 9.14 Å². The molecule has 23 heavy (non-hydrogen) atoms. The predicted molar refractivity (Wildman–Crippen MR) is 86.7 cm³/mol. The van der Waals surface area contributed by atoms with E-state index in [9.17, 15) is 4.39 Å². The number of hydrogen-bond donors (Lipinski definition) is 0. The predicted octanol–water partition coefficient (Wildman–Crippen LogP) is 2.97. The van der Waals surface area contributed by atoms with Crippen LogP contribution in [0.25, 0.3) is 16.9 Å². The summed E-state index contributed by atoms with van der Waals surface area (Å²) in [5.41, 5.74) is 3.91. The Labute approximate surface area is 134 Å². The molecule has 1 fully saturated rings. The standard InChI is InChI=1S/C18H18FN3O/c19-15-6-4-14(5-7-15)18-16(13-21-9-11-23-12-10-21)22-8-2-1-3-17(22)20-18/h1-8H,9-13H2. The fraction of sp³-hybridized carbons (Fsp3) is 0.278. The summed E-state index contributed by atoms with van der Waals surface area (Å²) in [5.74, 6) is -0.229. The van der Waals surface area contributed by atoms with Crippen molar-refractivity contribution in [3.05, 3.63) is 60.2 Å². The number of benzene rings is 1. The number of nitrogens with zero attached hydrogens (tertiary/aromatic N) is 3. The van der Waals surface area contributed by atoms with E-state index in [0.717, 1.165) is 55.4 Å². The first-order chi connectivity index (χ1) is 11.3. The third kappa shape index (κ3) is 2.85. The smallest absolute Gasteiger partial charge is 0.137 e. The third-order valence-electron chi connectivity index (χ3n) is 4.22. The van der Waals surface area contributed by atoms with Crippen molar-refractivity contribution >= 4 is 5.65 Å². The Hall–Kier alpha value is -2.24. The first-order valence-corrected chi connectivity index (χ1v) is 7.83. The molecule has 0 radical (unpaired) electrons. The third-order valence-corrected chi connectivity index (χ3v) is 4.22. The van der Waals surface area contributed by atoms with Crippen LogP contribution in [0.4, 0.5) is 4.39 Å². The van der Waals surface area contributed by atoms with Crippen molar-refractivity contribution in [2.75, 3.05) is 26.3 Å². The Balaban J connectivity index is 1.79. The average molecular weight is 311 g/mol. The molecular weight excluding hydrogens is 293 g/mol. The summed E-state index contributed by atoms with van der Waals surface area (Å²) < 4.78 is 20.8. The average Bonchev–Trinajstić information content (AvgIpc) is 2.95. The molecule has 118 valence electrons. The normalized spacial score (nSPS) is 16.0. The lowest BCUT2D eigenvalue weighted by Crippen LogP contribution is -2.36. The molecule has 4 nitrogen and oxygen atoms in total. The Morgan fingerprint density at radius 2 is 1.83 bits per heavy atom. The van der Waals surface area contributed by atoms with Gasteiger partial charge in [0.15, 0.2) is 0 Å². The van der Waals surface area contributed by atoms with Crippen LogP contribution in [0, 0.1) is 5.82 Å². The number of pyridine rings is 1. The fourth-order valence-electron chi connectivity index (χ4n) is 3.01. The summed E-state index contributed by atoms with van der Waals surface area (Å²) in [6.07, 6.45) is 2.03. The van der Waals surface area contributed by atoms with Crippen molar-refractivity contribution in [2.24, 2.45) is 0 Å². The van der Waals surface area contributed by atoms with Gasteiger partial charge in [0.2, 0.25) is 0 Å². The Bertz CT molecular complexity index is 807. The lowest BCUT2D eigenvalue weighted by atomic mass is 10.1. The van der Waals surface area contributed by atoms with Gasteiger partial charge in [-0.1, -0.05) is 6.07 Å². The molecule has 2 aromatic heterocycles. The van der Waals surface area contributed by atoms with Crippen LogP contribution < -0.4 is 0 Å². The van der Waals surface area contributed by atoms with Crippen molar-refractivity contribution in [3.63, 3.8) is 0 Å². The number of fused-ring (bicyclic) bond motifs is 1. The van der Waals surface area contributed by atoms with Crippen LogP contribution in [0.3, 0.4) is 0 Å². The number of morpholine rings is 1. The van der Waals surface area contributed by atoms with Gasteiger partial charge in [0.05, 0.1) is 24.6 Å². The van der Waals surface area contributed by atoms with Crippen molar-refractivity contribution in [1.82, 2.24) is 14.3 Å². The van der Waals surface area contributed by atoms with Gasteiger partial charge in [-0.15, -0.1) is 0 Å². The van der Waals surface area contributed by atoms with E-state index in [1.807, 2.05) is 24.4 Å². The van der Waals surface area contributed by atoms with E-state index in [1.54, 1.807) is 12.1 Å². The maximum Gasteiger partial charge on any atom is 0.137 e. The summed E-state index contributed by atoms with van der Waals surface area (Å²) in [7, 11) is 0. The zero-order valence-corrected chi connectivity index (χ0v) is 12.8. The molecule has 0 amide bonds. The first kappa shape index (κ1) is 14.4. The summed E-state index contributed by atoms with van der Waals surface area (Å²) >= 11 is 0. The number of aromatic nitrogens is 2. The van der Waals surface area contributed by atoms with Gasteiger partial charge in [-0.3, -0.25) is 4.90 Å². The van der Waals surface area contributed by atoms with E-state index in [0.29, 0.717) is 0 Å². The van der Waals surface area contributed by atoms with Crippen LogP contribution in [0.5, 0.6) is 0 Å². The van der Waals surface area contributed by atoms with Gasteiger partial charge in [-0.2, -0.15) is 0 Å². The summed E-state index contributed by atoms with van der Waals surface area (Å²) in [6.45, 7) is 4.18. The SMILES string of the molecule is Fc1ccc(-c2nc3ccccn3c2CN2CCOCC2)cc1. The highest BCUT2D eigenvalue weighted by Crippen LogP contribution is 2.26. The molecule has 0 N–H and O–H groups in total. The van der Waals surface area contributed by atoms with Crippen LogP contribution in [-0.2, 0) is 11.3 Å². The Kier molecular flexibility index (Phi) is 3.81. The van der Waals surface area contributed by atoms with Gasteiger partial charge in [0.25, 0.3) is 0 Å². The summed E-state index contributed by atoms with van der Waals surface area (Å²) in [6, 6.07) is 12.5. The number of ether oxygens (including phenoxy) is 1. The van der Waals surface area contributed by atoms with E-state index in [4.69, 9.17) is 9.72 Å². The van der Waals surface area contributed by atoms with Crippen LogP contribution in [0.2, 0.25) is 0 Å². The van der Waals surface area contributed by atoms with Crippen LogP contribution >= 0.6 is 0 Å². The van der Waals surface area contributed by atoms with Gasteiger partial charge in [-0.25, -0.2) is 9.37 Å². The number of rotatable bonds is 3. The van der Waals surface area contributed by atoms with Gasteiger partial charge in [0, 0.05) is 31.4 Å². The molecule has 4 rings (SSSR count). The molecule has 0 bridgehead atoms. The van der Waals surface area contributed by atoms with E-state index in [-0.39, 0.29) is 5.82 Å². The Morgan fingerprint density at radius 1 is 1.04 bits per heavy atom. The second-order valence-electron chi connectivity index (χ2n) is 5.73. The summed E-state index contributed by atoms with van der Waals surface area (Å²) in [4.78, 5) is 7.13. The largest absolute Gasteiger partial charge is 0.379 e. The molecule has 1 aliphatic heterocycles. The zero-order valence-electron chi connectivity index (χ0n) is 12.8. The van der Waals surface area contributed by atoms with Crippen LogP contribution in [0.15, 0.2) is 48.7 Å². The fourth-order valence-corrected chi connectivity index (χ4v) is 3.01. The zero-order chi connectivity index (χ0) is 15.6. The first-order valence-electron chi connectivity index (χ1n) is 7.83. The molecule has 0 unspecified atom stereocenters. The highest BCUT2D eigenvalue weighted by Gasteiger charge is 2.18. The highest BCUT2D eigenvalue weighted by molar-refractivity contribution is 5.66. The van der Waals surface area contributed by atoms with Crippen molar-refractivity contribution in [1.29, 1.82) is 0 Å². The maximum absolute atomic E-state index is 13.2. The quantitative estimate of drug-likeness (QED) is 0.745. The number of halogens is 1. The number of imidazole rings is 1. The van der Waals surface area contributed by atoms with Crippen LogP contribution in [-0.4, -0.2) is 40.6 Å². The van der Waals surface area contributed by atoms with Crippen molar-refractivity contribution in [3.8, 4) is 11.3 Å². The van der Waals surface area contributed by atoms with E-state index in [1.165, 1.54) is 12.1 Å². The molecule has 0 aliphatic carbocycles. The van der Waals surface area contributed by atoms with Crippen molar-refractivity contribution in [2.45, 2.75) is 6.54 Å². The lowest BCUT2D eigenvalue weighted by molar-refractivity contribution is 0.0336. The minimum atomic E-state index is -0.229. The molecule has 3 aromatic rings. The molecule has 0 atom stereocenters. The molecule has 1 aromatic carbocycles. The van der Waals surface area contributed by atoms with E-state index in [2.05, 4.69) is 9.30 Å². The summed E-state index contributed by atoms with van der Waals surface area (Å²) in [5, 5.41) is 0. The molecule has 1 aliphatic rings.